The van der Waals surface area contributed by atoms with Crippen LogP contribution in [-0.2, 0) is 12.6 Å². The molecule has 2 aromatic carbocycles. The van der Waals surface area contributed by atoms with Gasteiger partial charge in [-0.25, -0.2) is 9.36 Å². The first-order chi connectivity index (χ1) is 14.8. The fraction of sp³-hybridized carbons (Fsp3) is 0.263. The van der Waals surface area contributed by atoms with Gasteiger partial charge in [-0.1, -0.05) is 42.1 Å². The predicted molar refractivity (Wildman–Crippen MR) is 126 cm³/mol. The van der Waals surface area contributed by atoms with Gasteiger partial charge in [0.25, 0.3) is 0 Å². The topological polar surface area (TPSA) is 93.3 Å². The third-order valence-electron chi connectivity index (χ3n) is 5.27. The quantitative estimate of drug-likeness (QED) is 0.231. The van der Waals surface area contributed by atoms with Crippen LogP contribution < -0.4 is 56.3 Å². The molecule has 1 N–H and O–H groups in total. The van der Waals surface area contributed by atoms with Gasteiger partial charge >= 0.3 is 51.4 Å². The van der Waals surface area contributed by atoms with Crippen molar-refractivity contribution in [3.8, 4) is 11.4 Å². The molecule has 0 aliphatic carbocycles. The van der Waals surface area contributed by atoms with Crippen molar-refractivity contribution in [1.29, 1.82) is 0 Å². The second-order valence-electron chi connectivity index (χ2n) is 8.24. The Morgan fingerprint density at radius 1 is 1.03 bits per heavy atom. The normalized spacial score (nSPS) is 12.2. The van der Waals surface area contributed by atoms with E-state index in [0.717, 1.165) is 22.7 Å². The molecule has 0 aliphatic rings. The average Bonchev–Trinajstić information content (AvgIpc) is 3.36. The van der Waals surface area contributed by atoms with Crippen molar-refractivity contribution in [3.63, 3.8) is 0 Å². The van der Waals surface area contributed by atoms with Crippen LogP contribution in [0, 0.1) is 4.77 Å². The predicted octanol–water partition coefficient (Wildman–Crippen LogP) is 0.614. The van der Waals surface area contributed by atoms with Crippen LogP contribution in [0.5, 0.6) is 0 Å². The smallest absolute Gasteiger partial charge is 0.738 e. The monoisotopic (exact) mass is 507 g/mol. The molecule has 32 heavy (non-hydrogen) atoms. The molecule has 1 unspecified atom stereocenters. The molecule has 4 rings (SSSR count). The molecule has 0 amide bonds. The van der Waals surface area contributed by atoms with Gasteiger partial charge in [0.15, 0.2) is 0 Å². The molecule has 13 heteroatoms. The maximum absolute atomic E-state index is 5.28. The van der Waals surface area contributed by atoms with E-state index >= 15 is 0 Å². The van der Waals surface area contributed by atoms with E-state index in [9.17, 15) is 0 Å². The number of aromatic amines is 1. The molecule has 2 heterocycles. The van der Waals surface area contributed by atoms with Gasteiger partial charge in [-0.05, 0) is 66.0 Å². The summed E-state index contributed by atoms with van der Waals surface area (Å²) < 4.78 is 3.61. The van der Waals surface area contributed by atoms with Gasteiger partial charge in [0.1, 0.15) is 0 Å². The molecule has 2 aromatic heterocycles. The van der Waals surface area contributed by atoms with Crippen LogP contribution in [0.25, 0.3) is 11.4 Å². The van der Waals surface area contributed by atoms with Crippen molar-refractivity contribution < 1.29 is 51.4 Å². The summed E-state index contributed by atoms with van der Waals surface area (Å²) >= 11 is 10.5. The van der Waals surface area contributed by atoms with E-state index in [1.807, 2.05) is 24.3 Å². The third-order valence-corrected chi connectivity index (χ3v) is 8.56. The SMILES string of the molecule is CC(N(c1cccc(-n2nnnc2[S-])c1)c1cccc(-n2[nH]nnc2=S)c1)[Si](C)(C)C.[K+]. The van der Waals surface area contributed by atoms with Crippen LogP contribution in [-0.4, -0.2) is 54.2 Å². The summed E-state index contributed by atoms with van der Waals surface area (Å²) in [4.78, 5) is 2.35. The Hall–Kier alpha value is -1.33. The molecule has 9 nitrogen and oxygen atoms in total. The minimum Gasteiger partial charge on any atom is -0.738 e. The van der Waals surface area contributed by atoms with E-state index in [1.165, 1.54) is 0 Å². The summed E-state index contributed by atoms with van der Waals surface area (Å²) in [6, 6.07) is 16.2. The molecule has 1 atom stereocenters. The minimum atomic E-state index is -1.58. The molecule has 0 bridgehead atoms. The summed E-state index contributed by atoms with van der Waals surface area (Å²) in [6.45, 7) is 9.34. The Morgan fingerprint density at radius 2 is 1.66 bits per heavy atom. The van der Waals surface area contributed by atoms with Crippen LogP contribution >= 0.6 is 12.2 Å². The fourth-order valence-corrected chi connectivity index (χ4v) is 4.68. The number of hydrogen-bond donors (Lipinski definition) is 1. The number of nitrogens with one attached hydrogen (secondary N) is 1. The molecule has 0 fully saturated rings. The van der Waals surface area contributed by atoms with Crippen LogP contribution in [0.2, 0.25) is 19.6 Å². The van der Waals surface area contributed by atoms with Gasteiger partial charge in [0.05, 0.1) is 19.4 Å². The number of nitrogens with zero attached hydrogens (tertiary/aromatic N) is 8. The summed E-state index contributed by atoms with van der Waals surface area (Å²) in [7, 11) is -1.58. The first-order valence-electron chi connectivity index (χ1n) is 9.71. The number of H-pyrrole nitrogens is 1. The van der Waals surface area contributed by atoms with Crippen molar-refractivity contribution in [2.75, 3.05) is 4.90 Å². The van der Waals surface area contributed by atoms with E-state index in [0.29, 0.717) is 15.6 Å². The maximum atomic E-state index is 5.28. The van der Waals surface area contributed by atoms with Crippen molar-refractivity contribution in [3.05, 3.63) is 53.3 Å². The minimum absolute atomic E-state index is 0. The van der Waals surface area contributed by atoms with Crippen LogP contribution in [0.3, 0.4) is 0 Å². The van der Waals surface area contributed by atoms with Gasteiger partial charge < -0.3 is 17.5 Å². The maximum Gasteiger partial charge on any atom is 1.00 e. The van der Waals surface area contributed by atoms with Crippen LogP contribution in [0.4, 0.5) is 11.4 Å². The number of aromatic nitrogens is 8. The number of rotatable bonds is 6. The van der Waals surface area contributed by atoms with E-state index in [4.69, 9.17) is 24.8 Å². The van der Waals surface area contributed by atoms with Gasteiger partial charge in [-0.2, -0.15) is 5.21 Å². The van der Waals surface area contributed by atoms with Crippen molar-refractivity contribution in [1.82, 2.24) is 40.4 Å². The Bertz CT molecular complexity index is 1260. The van der Waals surface area contributed by atoms with Crippen molar-refractivity contribution in [2.24, 2.45) is 0 Å². The molecule has 4 aromatic rings. The van der Waals surface area contributed by atoms with Gasteiger partial charge in [-0.3, -0.25) is 0 Å². The molecule has 0 spiro atoms. The summed E-state index contributed by atoms with van der Waals surface area (Å²) in [6.07, 6.45) is 0. The van der Waals surface area contributed by atoms with Crippen LogP contribution in [0.1, 0.15) is 6.92 Å². The molecular formula is C19H22KN9S2Si. The van der Waals surface area contributed by atoms with Crippen molar-refractivity contribution in [2.45, 2.75) is 37.4 Å². The van der Waals surface area contributed by atoms with E-state index in [-0.39, 0.29) is 51.4 Å². The molecule has 0 saturated heterocycles. The Kier molecular flexibility index (Phi) is 8.14. The molecule has 0 saturated carbocycles. The first kappa shape index (κ1) is 25.3. The largest absolute Gasteiger partial charge is 1.00 e. The third kappa shape index (κ3) is 5.25. The van der Waals surface area contributed by atoms with Gasteiger partial charge in [0, 0.05) is 22.2 Å². The zero-order valence-corrected chi connectivity index (χ0v) is 24.3. The molecule has 160 valence electrons. The number of tetrazole rings is 2. The number of anilines is 2. The number of hydrogen-bond acceptors (Lipinski definition) is 8. The second kappa shape index (κ2) is 10.3. The molecular weight excluding hydrogens is 486 g/mol. The Morgan fingerprint density at radius 3 is 2.19 bits per heavy atom. The van der Waals surface area contributed by atoms with E-state index in [2.05, 4.69) is 86.8 Å². The number of benzene rings is 2. The van der Waals surface area contributed by atoms with Gasteiger partial charge in [0.2, 0.25) is 4.77 Å². The summed E-state index contributed by atoms with van der Waals surface area (Å²) in [5, 5.41) is 22.4. The average molecular weight is 508 g/mol. The Balaban J connectivity index is 0.00000289. The first-order valence-corrected chi connectivity index (χ1v) is 14.1. The second-order valence-corrected chi connectivity index (χ2v) is 14.5. The fourth-order valence-electron chi connectivity index (χ4n) is 3.25. The standard InChI is InChI=1S/C19H23N9S2Si.K/c1-13(31(2,3)4)26(14-7-5-9-16(11-14)27-18(29)20-22-24-27)15-8-6-10-17(12-15)28-19(30)21-23-25-28;/h5-13H,1-4H3,(H,20,24,29)(H,21,25,30);/q;+1/p-1. The van der Waals surface area contributed by atoms with Crippen molar-refractivity contribution >= 4 is 44.3 Å². The molecule has 0 radical (unpaired) electrons. The van der Waals surface area contributed by atoms with Gasteiger partial charge in [-0.15, -0.1) is 5.10 Å². The molecule has 0 aliphatic heterocycles. The zero-order chi connectivity index (χ0) is 22.2. The van der Waals surface area contributed by atoms with Crippen LogP contribution in [0.15, 0.2) is 53.7 Å². The van der Waals surface area contributed by atoms with E-state index in [1.54, 1.807) is 9.36 Å². The summed E-state index contributed by atoms with van der Waals surface area (Å²) in [5.74, 6) is 0. The van der Waals surface area contributed by atoms with E-state index < -0.39 is 8.07 Å². The summed E-state index contributed by atoms with van der Waals surface area (Å²) in [5.41, 5.74) is 4.04. The zero-order valence-electron chi connectivity index (χ0n) is 18.6. The Labute approximate surface area is 240 Å².